The highest BCUT2D eigenvalue weighted by Gasteiger charge is 2.24. The monoisotopic (exact) mass is 291 g/mol. The molecule has 21 heavy (non-hydrogen) atoms. The van der Waals surface area contributed by atoms with E-state index in [0.717, 1.165) is 12.8 Å². The predicted molar refractivity (Wildman–Crippen MR) is 74.5 cm³/mol. The number of amides is 3. The maximum absolute atomic E-state index is 11.7. The van der Waals surface area contributed by atoms with Crippen molar-refractivity contribution in [3.05, 3.63) is 35.9 Å². The summed E-state index contributed by atoms with van der Waals surface area (Å²) >= 11 is 0. The molecule has 0 unspecified atom stereocenters. The molecule has 0 aliphatic heterocycles. The first-order valence-electron chi connectivity index (χ1n) is 6.67. The second-order valence-electron chi connectivity index (χ2n) is 4.85. The van der Waals surface area contributed by atoms with Gasteiger partial charge in [0.15, 0.2) is 6.04 Å². The Morgan fingerprint density at radius 1 is 1.19 bits per heavy atom. The van der Waals surface area contributed by atoms with Crippen LogP contribution >= 0.6 is 0 Å². The van der Waals surface area contributed by atoms with Gasteiger partial charge in [0.05, 0.1) is 6.54 Å². The Balaban J connectivity index is 1.83. The van der Waals surface area contributed by atoms with Crippen molar-refractivity contribution in [3.63, 3.8) is 0 Å². The Bertz CT molecular complexity index is 528. The SMILES string of the molecule is O=C(CNC(=O)N[C@@H](C(=O)O)c1ccccc1)NC1CC1. The molecule has 0 radical (unpaired) electrons. The first kappa shape index (κ1) is 14.8. The summed E-state index contributed by atoms with van der Waals surface area (Å²) in [4.78, 5) is 34.3. The lowest BCUT2D eigenvalue weighted by Crippen LogP contribution is -2.45. The van der Waals surface area contributed by atoms with E-state index in [1.807, 2.05) is 0 Å². The summed E-state index contributed by atoms with van der Waals surface area (Å²) in [6.45, 7) is -0.177. The molecule has 1 aliphatic rings. The molecule has 0 bridgehead atoms. The number of carboxylic acid groups (broad SMARTS) is 1. The van der Waals surface area contributed by atoms with Gasteiger partial charge in [-0.1, -0.05) is 30.3 Å². The maximum Gasteiger partial charge on any atom is 0.330 e. The number of carbonyl (C=O) groups excluding carboxylic acids is 2. The van der Waals surface area contributed by atoms with Crippen molar-refractivity contribution in [3.8, 4) is 0 Å². The number of aliphatic carboxylic acids is 1. The lowest BCUT2D eigenvalue weighted by atomic mass is 10.1. The molecule has 1 fully saturated rings. The summed E-state index contributed by atoms with van der Waals surface area (Å²) < 4.78 is 0. The van der Waals surface area contributed by atoms with E-state index in [-0.39, 0.29) is 18.5 Å². The van der Waals surface area contributed by atoms with Crippen LogP contribution in [0.2, 0.25) is 0 Å². The quantitative estimate of drug-likeness (QED) is 0.608. The fourth-order valence-electron chi connectivity index (χ4n) is 1.78. The molecule has 0 spiro atoms. The second-order valence-corrected chi connectivity index (χ2v) is 4.85. The van der Waals surface area contributed by atoms with Crippen LogP contribution in [-0.4, -0.2) is 35.6 Å². The molecule has 1 saturated carbocycles. The molecule has 0 heterocycles. The van der Waals surface area contributed by atoms with Crippen LogP contribution in [0.4, 0.5) is 4.79 Å². The van der Waals surface area contributed by atoms with Crippen LogP contribution in [-0.2, 0) is 9.59 Å². The average molecular weight is 291 g/mol. The molecular weight excluding hydrogens is 274 g/mol. The van der Waals surface area contributed by atoms with Gasteiger partial charge >= 0.3 is 12.0 Å². The number of carboxylic acids is 1. The van der Waals surface area contributed by atoms with Crippen LogP contribution in [0.15, 0.2) is 30.3 Å². The van der Waals surface area contributed by atoms with Gasteiger partial charge in [0.25, 0.3) is 0 Å². The molecule has 7 heteroatoms. The molecular formula is C14H17N3O4. The number of hydrogen-bond acceptors (Lipinski definition) is 3. The van der Waals surface area contributed by atoms with Gasteiger partial charge in [0.2, 0.25) is 5.91 Å². The number of benzene rings is 1. The van der Waals surface area contributed by atoms with E-state index in [1.54, 1.807) is 30.3 Å². The molecule has 0 saturated heterocycles. The summed E-state index contributed by atoms with van der Waals surface area (Å²) in [6.07, 6.45) is 1.93. The standard InChI is InChI=1S/C14H17N3O4/c18-11(16-10-6-7-10)8-15-14(21)17-12(13(19)20)9-4-2-1-3-5-9/h1-5,10,12H,6-8H2,(H,16,18)(H,19,20)(H2,15,17,21)/t12-/m1/s1. The molecule has 2 rings (SSSR count). The largest absolute Gasteiger partial charge is 0.479 e. The minimum absolute atomic E-state index is 0.177. The van der Waals surface area contributed by atoms with Gasteiger partial charge in [-0.3, -0.25) is 4.79 Å². The molecule has 1 atom stereocenters. The third kappa shape index (κ3) is 4.79. The molecule has 1 aromatic rings. The van der Waals surface area contributed by atoms with Crippen molar-refractivity contribution < 1.29 is 19.5 Å². The van der Waals surface area contributed by atoms with Crippen molar-refractivity contribution in [1.82, 2.24) is 16.0 Å². The van der Waals surface area contributed by atoms with Crippen molar-refractivity contribution in [2.75, 3.05) is 6.54 Å². The molecule has 4 N–H and O–H groups in total. The summed E-state index contributed by atoms with van der Waals surface area (Å²) in [7, 11) is 0. The van der Waals surface area contributed by atoms with Gasteiger partial charge in [0, 0.05) is 6.04 Å². The Hall–Kier alpha value is -2.57. The van der Waals surface area contributed by atoms with Crippen molar-refractivity contribution >= 4 is 17.9 Å². The van der Waals surface area contributed by atoms with Crippen LogP contribution < -0.4 is 16.0 Å². The summed E-state index contributed by atoms with van der Waals surface area (Å²) in [5.74, 6) is -1.45. The zero-order valence-electron chi connectivity index (χ0n) is 11.3. The third-order valence-corrected chi connectivity index (χ3v) is 3.01. The minimum Gasteiger partial charge on any atom is -0.479 e. The van der Waals surface area contributed by atoms with Gasteiger partial charge < -0.3 is 21.1 Å². The van der Waals surface area contributed by atoms with Crippen LogP contribution in [0.3, 0.4) is 0 Å². The van der Waals surface area contributed by atoms with Gasteiger partial charge in [-0.15, -0.1) is 0 Å². The van der Waals surface area contributed by atoms with E-state index < -0.39 is 18.0 Å². The zero-order chi connectivity index (χ0) is 15.2. The van der Waals surface area contributed by atoms with Crippen LogP contribution in [0, 0.1) is 0 Å². The summed E-state index contributed by atoms with van der Waals surface area (Å²) in [6, 6.07) is 6.72. The molecule has 1 aromatic carbocycles. The Labute approximate surface area is 121 Å². The lowest BCUT2D eigenvalue weighted by molar-refractivity contribution is -0.139. The number of carbonyl (C=O) groups is 3. The van der Waals surface area contributed by atoms with E-state index in [2.05, 4.69) is 16.0 Å². The van der Waals surface area contributed by atoms with Gasteiger partial charge in [-0.2, -0.15) is 0 Å². The van der Waals surface area contributed by atoms with Crippen LogP contribution in [0.1, 0.15) is 24.4 Å². The van der Waals surface area contributed by atoms with Crippen LogP contribution in [0.5, 0.6) is 0 Å². The van der Waals surface area contributed by atoms with Crippen LogP contribution in [0.25, 0.3) is 0 Å². The number of rotatable bonds is 6. The predicted octanol–water partition coefficient (Wildman–Crippen LogP) is 0.390. The molecule has 7 nitrogen and oxygen atoms in total. The average Bonchev–Trinajstić information content (AvgIpc) is 3.27. The van der Waals surface area contributed by atoms with E-state index in [0.29, 0.717) is 5.56 Å². The molecule has 112 valence electrons. The first-order chi connectivity index (χ1) is 10.1. The Morgan fingerprint density at radius 2 is 1.86 bits per heavy atom. The maximum atomic E-state index is 11.7. The topological polar surface area (TPSA) is 108 Å². The molecule has 1 aliphatic carbocycles. The first-order valence-corrected chi connectivity index (χ1v) is 6.67. The van der Waals surface area contributed by atoms with E-state index in [4.69, 9.17) is 5.11 Å². The van der Waals surface area contributed by atoms with E-state index in [9.17, 15) is 14.4 Å². The van der Waals surface area contributed by atoms with E-state index in [1.165, 1.54) is 0 Å². The smallest absolute Gasteiger partial charge is 0.330 e. The van der Waals surface area contributed by atoms with Gasteiger partial charge in [0.1, 0.15) is 0 Å². The van der Waals surface area contributed by atoms with Gasteiger partial charge in [-0.25, -0.2) is 9.59 Å². The molecule has 0 aromatic heterocycles. The zero-order valence-corrected chi connectivity index (χ0v) is 11.3. The summed E-state index contributed by atoms with van der Waals surface area (Å²) in [5, 5.41) is 16.6. The third-order valence-electron chi connectivity index (χ3n) is 3.01. The van der Waals surface area contributed by atoms with Crippen molar-refractivity contribution in [2.45, 2.75) is 24.9 Å². The van der Waals surface area contributed by atoms with E-state index >= 15 is 0 Å². The number of hydrogen-bond donors (Lipinski definition) is 4. The Kier molecular flexibility index (Phi) is 4.76. The van der Waals surface area contributed by atoms with Crippen molar-refractivity contribution in [2.24, 2.45) is 0 Å². The lowest BCUT2D eigenvalue weighted by Gasteiger charge is -2.15. The summed E-state index contributed by atoms with van der Waals surface area (Å²) in [5.41, 5.74) is 0.461. The van der Waals surface area contributed by atoms with Gasteiger partial charge in [-0.05, 0) is 18.4 Å². The second kappa shape index (κ2) is 6.74. The van der Waals surface area contributed by atoms with Crippen molar-refractivity contribution in [1.29, 1.82) is 0 Å². The number of nitrogens with one attached hydrogen (secondary N) is 3. The highest BCUT2D eigenvalue weighted by Crippen LogP contribution is 2.18. The minimum atomic E-state index is -1.17. The fourth-order valence-corrected chi connectivity index (χ4v) is 1.78. The fraction of sp³-hybridized carbons (Fsp3) is 0.357. The normalized spacial score (nSPS) is 14.9. The highest BCUT2D eigenvalue weighted by atomic mass is 16.4. The number of urea groups is 1. The highest BCUT2D eigenvalue weighted by molar-refractivity contribution is 5.87. The molecule has 3 amide bonds. The Morgan fingerprint density at radius 3 is 2.43 bits per heavy atom.